The van der Waals surface area contributed by atoms with Gasteiger partial charge < -0.3 is 9.88 Å². The molecule has 4 nitrogen and oxygen atoms in total. The molecule has 3 rings (SSSR count). The van der Waals surface area contributed by atoms with Crippen LogP contribution in [0.25, 0.3) is 5.69 Å². The molecule has 0 atom stereocenters. The van der Waals surface area contributed by atoms with Crippen LogP contribution in [-0.4, -0.2) is 15.5 Å². The van der Waals surface area contributed by atoms with Crippen molar-refractivity contribution in [3.8, 4) is 5.69 Å². The number of alkyl halides is 3. The summed E-state index contributed by atoms with van der Waals surface area (Å²) in [5, 5.41) is 3.02. The molecule has 0 unspecified atom stereocenters. The summed E-state index contributed by atoms with van der Waals surface area (Å²) in [7, 11) is 0. The Balaban J connectivity index is 1.90. The van der Waals surface area contributed by atoms with Crippen LogP contribution >= 0.6 is 23.2 Å². The Kier molecular flexibility index (Phi) is 5.67. The van der Waals surface area contributed by atoms with Crippen LogP contribution < -0.4 is 5.32 Å². The molecule has 0 aliphatic carbocycles. The van der Waals surface area contributed by atoms with E-state index in [1.54, 1.807) is 31.3 Å². The van der Waals surface area contributed by atoms with Crippen LogP contribution in [0.3, 0.4) is 0 Å². The number of aromatic nitrogens is 2. The number of benzene rings is 2. The summed E-state index contributed by atoms with van der Waals surface area (Å²) in [5.74, 6) is -0.517. The van der Waals surface area contributed by atoms with Gasteiger partial charge in [0.1, 0.15) is 0 Å². The number of carbonyl (C=O) groups is 1. The highest BCUT2D eigenvalue weighted by Gasteiger charge is 2.31. The molecule has 0 radical (unpaired) electrons. The fraction of sp³-hybridized carbons (Fsp3) is 0.158. The van der Waals surface area contributed by atoms with Gasteiger partial charge >= 0.3 is 6.18 Å². The van der Waals surface area contributed by atoms with Crippen molar-refractivity contribution in [1.82, 2.24) is 9.55 Å². The van der Waals surface area contributed by atoms with Crippen molar-refractivity contribution in [3.63, 3.8) is 0 Å². The summed E-state index contributed by atoms with van der Waals surface area (Å²) in [6.45, 7) is 1.72. The van der Waals surface area contributed by atoms with Crippen LogP contribution in [0.1, 0.15) is 16.8 Å². The first-order chi connectivity index (χ1) is 13.1. The molecule has 0 aliphatic rings. The number of carbonyl (C=O) groups excluding carboxylic acids is 1. The maximum Gasteiger partial charge on any atom is 0.416 e. The number of aryl methyl sites for hydroxylation is 1. The van der Waals surface area contributed by atoms with Gasteiger partial charge in [0.25, 0.3) is 0 Å². The van der Waals surface area contributed by atoms with Gasteiger partial charge in [0, 0.05) is 17.6 Å². The number of anilines is 1. The first-order valence-corrected chi connectivity index (χ1v) is 8.85. The van der Waals surface area contributed by atoms with Gasteiger partial charge in [-0.1, -0.05) is 35.3 Å². The van der Waals surface area contributed by atoms with Gasteiger partial charge in [-0.25, -0.2) is 4.98 Å². The number of amides is 1. The number of nitrogens with zero attached hydrogens (tertiary/aromatic N) is 2. The molecule has 0 saturated carbocycles. The van der Waals surface area contributed by atoms with Gasteiger partial charge in [0.15, 0.2) is 0 Å². The maximum absolute atomic E-state index is 13.3. The van der Waals surface area contributed by atoms with Crippen LogP contribution in [0.15, 0.2) is 48.9 Å². The second kappa shape index (κ2) is 7.85. The zero-order chi connectivity index (χ0) is 20.5. The van der Waals surface area contributed by atoms with E-state index in [0.29, 0.717) is 16.3 Å². The van der Waals surface area contributed by atoms with Gasteiger partial charge in [-0.15, -0.1) is 0 Å². The predicted octanol–water partition coefficient (Wildman–Crippen LogP) is 5.69. The normalized spacial score (nSPS) is 11.5. The zero-order valence-electron chi connectivity index (χ0n) is 14.5. The Hall–Kier alpha value is -2.51. The zero-order valence-corrected chi connectivity index (χ0v) is 16.0. The average molecular weight is 428 g/mol. The number of hydrogen-bond donors (Lipinski definition) is 1. The predicted molar refractivity (Wildman–Crippen MR) is 102 cm³/mol. The van der Waals surface area contributed by atoms with Crippen molar-refractivity contribution in [2.45, 2.75) is 19.5 Å². The van der Waals surface area contributed by atoms with Gasteiger partial charge in [-0.2, -0.15) is 13.2 Å². The van der Waals surface area contributed by atoms with Crippen molar-refractivity contribution < 1.29 is 18.0 Å². The second-order valence-electron chi connectivity index (χ2n) is 6.13. The number of rotatable bonds is 4. The molecule has 2 aromatic carbocycles. The molecule has 3 aromatic rings. The van der Waals surface area contributed by atoms with Crippen LogP contribution in [0.2, 0.25) is 10.0 Å². The fourth-order valence-electron chi connectivity index (χ4n) is 2.62. The molecule has 1 N–H and O–H groups in total. The van der Waals surface area contributed by atoms with Gasteiger partial charge in [-0.3, -0.25) is 4.79 Å². The number of nitrogens with one attached hydrogen (secondary N) is 1. The molecule has 1 aromatic heterocycles. The lowest BCUT2D eigenvalue weighted by atomic mass is 10.1. The summed E-state index contributed by atoms with van der Waals surface area (Å²) in [6.07, 6.45) is -1.70. The van der Waals surface area contributed by atoms with E-state index < -0.39 is 17.6 Å². The summed E-state index contributed by atoms with van der Waals surface area (Å²) in [6, 6.07) is 8.15. The molecule has 28 heavy (non-hydrogen) atoms. The first kappa shape index (κ1) is 20.2. The molecule has 0 aliphatic heterocycles. The van der Waals surface area contributed by atoms with E-state index in [0.717, 1.165) is 12.1 Å². The molecule has 0 fully saturated rings. The largest absolute Gasteiger partial charge is 0.416 e. The van der Waals surface area contributed by atoms with E-state index in [1.807, 2.05) is 0 Å². The molecule has 146 valence electrons. The highest BCUT2D eigenvalue weighted by atomic mass is 35.5. The lowest BCUT2D eigenvalue weighted by Crippen LogP contribution is -2.16. The Bertz CT molecular complexity index is 1030. The van der Waals surface area contributed by atoms with E-state index >= 15 is 0 Å². The summed E-state index contributed by atoms with van der Waals surface area (Å²) in [4.78, 5) is 16.4. The molecular formula is C19H14Cl2F3N3O. The van der Waals surface area contributed by atoms with E-state index in [-0.39, 0.29) is 22.8 Å². The van der Waals surface area contributed by atoms with Crippen LogP contribution in [0.5, 0.6) is 0 Å². The quantitative estimate of drug-likeness (QED) is 0.581. The third kappa shape index (κ3) is 4.66. The first-order valence-electron chi connectivity index (χ1n) is 8.09. The van der Waals surface area contributed by atoms with E-state index in [9.17, 15) is 18.0 Å². The highest BCUT2D eigenvalue weighted by molar-refractivity contribution is 6.42. The average Bonchev–Trinajstić information content (AvgIpc) is 3.04. The third-order valence-corrected chi connectivity index (χ3v) is 4.78. The standard InChI is InChI=1S/C19H14Cl2F3N3O/c1-11-9-27(10-25-11)15-7-13(19(22,23)24)6-14(8-15)26-17(28)5-12-3-2-4-16(20)18(12)21/h2-4,6-10H,5H2,1H3,(H,26,28). The fourth-order valence-corrected chi connectivity index (χ4v) is 3.01. The molecule has 1 amide bonds. The Labute approximate surface area is 168 Å². The Morgan fingerprint density at radius 2 is 1.96 bits per heavy atom. The van der Waals surface area contributed by atoms with Crippen molar-refractivity contribution >= 4 is 34.8 Å². The van der Waals surface area contributed by atoms with E-state index in [2.05, 4.69) is 10.3 Å². The Morgan fingerprint density at radius 3 is 2.61 bits per heavy atom. The third-order valence-electron chi connectivity index (χ3n) is 3.92. The minimum absolute atomic E-state index is 0.0133. The van der Waals surface area contributed by atoms with Gasteiger partial charge in [0.05, 0.1) is 34.1 Å². The molecular weight excluding hydrogens is 414 g/mol. The van der Waals surface area contributed by atoms with Crippen LogP contribution in [-0.2, 0) is 17.4 Å². The molecule has 0 bridgehead atoms. The van der Waals surface area contributed by atoms with Crippen molar-refractivity contribution in [2.75, 3.05) is 5.32 Å². The highest BCUT2D eigenvalue weighted by Crippen LogP contribution is 2.33. The van der Waals surface area contributed by atoms with Gasteiger partial charge in [0.2, 0.25) is 5.91 Å². The summed E-state index contributed by atoms with van der Waals surface area (Å²) in [5.41, 5.74) is 0.487. The van der Waals surface area contributed by atoms with Crippen molar-refractivity contribution in [1.29, 1.82) is 0 Å². The maximum atomic E-state index is 13.3. The number of halogens is 5. The van der Waals surface area contributed by atoms with E-state index in [1.165, 1.54) is 17.0 Å². The number of imidazole rings is 1. The lowest BCUT2D eigenvalue weighted by molar-refractivity contribution is -0.137. The minimum Gasteiger partial charge on any atom is -0.326 e. The minimum atomic E-state index is -4.57. The lowest BCUT2D eigenvalue weighted by Gasteiger charge is -2.14. The molecule has 0 spiro atoms. The van der Waals surface area contributed by atoms with Crippen LogP contribution in [0, 0.1) is 6.92 Å². The van der Waals surface area contributed by atoms with E-state index in [4.69, 9.17) is 23.2 Å². The summed E-state index contributed by atoms with van der Waals surface area (Å²) < 4.78 is 41.3. The van der Waals surface area contributed by atoms with Gasteiger partial charge in [-0.05, 0) is 36.8 Å². The van der Waals surface area contributed by atoms with Crippen LogP contribution in [0.4, 0.5) is 18.9 Å². The molecule has 1 heterocycles. The topological polar surface area (TPSA) is 46.9 Å². The monoisotopic (exact) mass is 427 g/mol. The summed E-state index contributed by atoms with van der Waals surface area (Å²) >= 11 is 12.0. The van der Waals surface area contributed by atoms with Crippen molar-refractivity contribution in [2.24, 2.45) is 0 Å². The van der Waals surface area contributed by atoms with Crippen molar-refractivity contribution in [3.05, 3.63) is 75.8 Å². The second-order valence-corrected chi connectivity index (χ2v) is 6.91. The smallest absolute Gasteiger partial charge is 0.326 e. The molecule has 9 heteroatoms. The molecule has 0 saturated heterocycles. The Morgan fingerprint density at radius 1 is 1.21 bits per heavy atom. The SMILES string of the molecule is Cc1cn(-c2cc(NC(=O)Cc3cccc(Cl)c3Cl)cc(C(F)(F)F)c2)cn1. The number of hydrogen-bond acceptors (Lipinski definition) is 2.